The molecule has 1 heterocycles. The maximum absolute atomic E-state index is 13.3. The summed E-state index contributed by atoms with van der Waals surface area (Å²) < 4.78 is 29.3. The summed E-state index contributed by atoms with van der Waals surface area (Å²) in [5.41, 5.74) is 2.93. The Labute approximate surface area is 188 Å². The quantitative estimate of drug-likeness (QED) is 0.509. The lowest BCUT2D eigenvalue weighted by atomic mass is 9.87. The van der Waals surface area contributed by atoms with Crippen LogP contribution < -0.4 is 10.0 Å². The van der Waals surface area contributed by atoms with Crippen molar-refractivity contribution in [1.82, 2.24) is 10.0 Å². The Morgan fingerprint density at radius 1 is 1.03 bits per heavy atom. The topological polar surface area (TPSA) is 75.3 Å². The Bertz CT molecular complexity index is 1150. The van der Waals surface area contributed by atoms with Crippen LogP contribution >= 0.6 is 27.3 Å². The zero-order chi connectivity index (χ0) is 21.1. The Morgan fingerprint density at radius 2 is 1.77 bits per heavy atom. The molecule has 0 bridgehead atoms. The first-order valence-electron chi connectivity index (χ1n) is 9.65. The van der Waals surface area contributed by atoms with Crippen molar-refractivity contribution in [2.45, 2.75) is 35.6 Å². The second kappa shape index (κ2) is 9.01. The molecule has 0 fully saturated rings. The van der Waals surface area contributed by atoms with Crippen LogP contribution in [0.1, 0.15) is 41.6 Å². The van der Waals surface area contributed by atoms with Gasteiger partial charge in [0, 0.05) is 0 Å². The normalized spacial score (nSPS) is 17.2. The van der Waals surface area contributed by atoms with Crippen molar-refractivity contribution in [3.05, 3.63) is 87.2 Å². The summed E-state index contributed by atoms with van der Waals surface area (Å²) in [4.78, 5) is 13.3. The van der Waals surface area contributed by atoms with Gasteiger partial charge in [-0.3, -0.25) is 4.79 Å². The molecule has 3 aromatic rings. The number of aryl methyl sites for hydroxylation is 1. The van der Waals surface area contributed by atoms with E-state index in [0.29, 0.717) is 9.35 Å². The molecule has 0 saturated carbocycles. The van der Waals surface area contributed by atoms with Crippen molar-refractivity contribution in [3.8, 4) is 0 Å². The molecule has 2 atom stereocenters. The average molecular weight is 505 g/mol. The number of benzene rings is 2. The molecule has 1 aliphatic rings. The van der Waals surface area contributed by atoms with Crippen LogP contribution in [-0.2, 0) is 21.2 Å². The summed E-state index contributed by atoms with van der Waals surface area (Å²) in [5.74, 6) is -0.359. The monoisotopic (exact) mass is 504 g/mol. The molecule has 0 spiro atoms. The van der Waals surface area contributed by atoms with Gasteiger partial charge in [0.25, 0.3) is 10.0 Å². The molecule has 5 nitrogen and oxygen atoms in total. The van der Waals surface area contributed by atoms with E-state index >= 15 is 0 Å². The predicted octanol–water partition coefficient (Wildman–Crippen LogP) is 4.72. The fourth-order valence-electron chi connectivity index (χ4n) is 3.73. The van der Waals surface area contributed by atoms with Crippen molar-refractivity contribution in [3.63, 3.8) is 0 Å². The van der Waals surface area contributed by atoms with Crippen LogP contribution in [0.2, 0.25) is 0 Å². The number of halogens is 1. The lowest BCUT2D eigenvalue weighted by Gasteiger charge is -2.28. The maximum atomic E-state index is 13.3. The van der Waals surface area contributed by atoms with Gasteiger partial charge in [0.15, 0.2) is 0 Å². The molecule has 0 radical (unpaired) electrons. The van der Waals surface area contributed by atoms with E-state index in [1.807, 2.05) is 24.3 Å². The molecule has 30 heavy (non-hydrogen) atoms. The third-order valence-electron chi connectivity index (χ3n) is 5.17. The molecule has 0 unspecified atom stereocenters. The second-order valence-electron chi connectivity index (χ2n) is 7.18. The van der Waals surface area contributed by atoms with E-state index in [4.69, 9.17) is 0 Å². The number of amides is 1. The number of rotatable bonds is 6. The molecule has 2 N–H and O–H groups in total. The molecular formula is C22H21BrN2O3S2. The highest BCUT2D eigenvalue weighted by molar-refractivity contribution is 9.11. The molecule has 8 heteroatoms. The fraction of sp³-hybridized carbons (Fsp3) is 0.227. The molecule has 4 rings (SSSR count). The molecule has 156 valence electrons. The first-order valence-corrected chi connectivity index (χ1v) is 12.7. The number of sulfonamides is 1. The minimum atomic E-state index is -3.86. The van der Waals surface area contributed by atoms with E-state index in [9.17, 15) is 13.2 Å². The van der Waals surface area contributed by atoms with Crippen LogP contribution in [0.5, 0.6) is 0 Å². The van der Waals surface area contributed by atoms with Crippen LogP contribution in [0.25, 0.3) is 0 Å². The summed E-state index contributed by atoms with van der Waals surface area (Å²) in [6.45, 7) is 0. The van der Waals surface area contributed by atoms with E-state index < -0.39 is 16.1 Å². The van der Waals surface area contributed by atoms with Gasteiger partial charge < -0.3 is 5.32 Å². The molecule has 0 saturated heterocycles. The van der Waals surface area contributed by atoms with Gasteiger partial charge in [-0.15, -0.1) is 11.3 Å². The zero-order valence-corrected chi connectivity index (χ0v) is 19.3. The first-order chi connectivity index (χ1) is 14.4. The highest BCUT2D eigenvalue weighted by Crippen LogP contribution is 2.31. The van der Waals surface area contributed by atoms with Crippen molar-refractivity contribution in [2.24, 2.45) is 0 Å². The van der Waals surface area contributed by atoms with Gasteiger partial charge in [-0.05, 0) is 64.0 Å². The van der Waals surface area contributed by atoms with E-state index in [0.717, 1.165) is 36.2 Å². The lowest BCUT2D eigenvalue weighted by molar-refractivity contribution is -0.123. The van der Waals surface area contributed by atoms with E-state index in [2.05, 4.69) is 32.0 Å². The Hall–Kier alpha value is -2.00. The van der Waals surface area contributed by atoms with Gasteiger partial charge in [-0.1, -0.05) is 54.6 Å². The Morgan fingerprint density at radius 3 is 2.50 bits per heavy atom. The van der Waals surface area contributed by atoms with Crippen LogP contribution in [-0.4, -0.2) is 14.3 Å². The number of nitrogens with one attached hydrogen (secondary N) is 2. The number of thiophene rings is 1. The largest absolute Gasteiger partial charge is 0.348 e. The van der Waals surface area contributed by atoms with Gasteiger partial charge in [0.05, 0.1) is 9.83 Å². The summed E-state index contributed by atoms with van der Waals surface area (Å²) in [7, 11) is -3.86. The summed E-state index contributed by atoms with van der Waals surface area (Å²) in [6, 6.07) is 19.1. The van der Waals surface area contributed by atoms with Gasteiger partial charge in [0.2, 0.25) is 5.91 Å². The van der Waals surface area contributed by atoms with Crippen LogP contribution in [0.3, 0.4) is 0 Å². The van der Waals surface area contributed by atoms with Gasteiger partial charge in [-0.2, -0.15) is 4.72 Å². The van der Waals surface area contributed by atoms with Gasteiger partial charge >= 0.3 is 0 Å². The van der Waals surface area contributed by atoms with Gasteiger partial charge in [-0.25, -0.2) is 8.42 Å². The molecule has 1 aromatic heterocycles. The number of carbonyl (C=O) groups is 1. The third-order valence-corrected chi connectivity index (χ3v) is 8.71. The number of hydrogen-bond donors (Lipinski definition) is 2. The van der Waals surface area contributed by atoms with Gasteiger partial charge in [0.1, 0.15) is 10.3 Å². The second-order valence-corrected chi connectivity index (χ2v) is 11.6. The third kappa shape index (κ3) is 4.67. The van der Waals surface area contributed by atoms with E-state index in [1.165, 1.54) is 11.6 Å². The summed E-state index contributed by atoms with van der Waals surface area (Å²) in [5, 5.41) is 3.08. The smallest absolute Gasteiger partial charge is 0.251 e. The fourth-order valence-corrected chi connectivity index (χ4v) is 6.94. The average Bonchev–Trinajstić information content (AvgIpc) is 3.20. The molecule has 2 aromatic carbocycles. The van der Waals surface area contributed by atoms with Crippen LogP contribution in [0.4, 0.5) is 0 Å². The number of carbonyl (C=O) groups excluding carboxylic acids is 1. The summed E-state index contributed by atoms with van der Waals surface area (Å²) >= 11 is 4.40. The zero-order valence-electron chi connectivity index (χ0n) is 16.0. The highest BCUT2D eigenvalue weighted by Gasteiger charge is 2.30. The molecule has 1 amide bonds. The Kier molecular flexibility index (Phi) is 6.38. The van der Waals surface area contributed by atoms with E-state index in [1.54, 1.807) is 30.3 Å². The predicted molar refractivity (Wildman–Crippen MR) is 122 cm³/mol. The number of fused-ring (bicyclic) bond motifs is 1. The minimum Gasteiger partial charge on any atom is -0.348 e. The highest BCUT2D eigenvalue weighted by atomic mass is 79.9. The number of hydrogen-bond acceptors (Lipinski definition) is 4. The first kappa shape index (κ1) is 21.2. The molecule has 1 aliphatic carbocycles. The standard InChI is InChI=1S/C22H21BrN2O3S2/c23-19-13-14-20(29-19)30(27,28)25-21(16-8-2-1-3-9-16)22(26)24-18-12-6-10-15-7-4-5-11-17(15)18/h1-5,7-9,11,13-14,18,21,25H,6,10,12H2,(H,24,26)/t18-,21+/m0/s1. The summed E-state index contributed by atoms with van der Waals surface area (Å²) in [6.07, 6.45) is 2.80. The SMILES string of the molecule is O=C(N[C@H]1CCCc2ccccc21)[C@H](NS(=O)(=O)c1ccc(Br)s1)c1ccccc1. The minimum absolute atomic E-state index is 0.131. The molecular weight excluding hydrogens is 484 g/mol. The van der Waals surface area contributed by atoms with Crippen molar-refractivity contribution in [2.75, 3.05) is 0 Å². The Balaban J connectivity index is 1.61. The van der Waals surface area contributed by atoms with Crippen molar-refractivity contribution in [1.29, 1.82) is 0 Å². The van der Waals surface area contributed by atoms with Crippen LogP contribution in [0.15, 0.2) is 74.7 Å². The van der Waals surface area contributed by atoms with Crippen LogP contribution in [0, 0.1) is 0 Å². The van der Waals surface area contributed by atoms with Crippen molar-refractivity contribution < 1.29 is 13.2 Å². The van der Waals surface area contributed by atoms with Crippen molar-refractivity contribution >= 4 is 43.2 Å². The lowest BCUT2D eigenvalue weighted by Crippen LogP contribution is -2.42. The molecule has 0 aliphatic heterocycles. The maximum Gasteiger partial charge on any atom is 0.251 e. The van der Waals surface area contributed by atoms with E-state index in [-0.39, 0.29) is 16.2 Å².